The van der Waals surface area contributed by atoms with E-state index < -0.39 is 0 Å². The summed E-state index contributed by atoms with van der Waals surface area (Å²) >= 11 is 0. The van der Waals surface area contributed by atoms with Crippen molar-refractivity contribution in [2.24, 2.45) is 23.7 Å². The highest BCUT2D eigenvalue weighted by molar-refractivity contribution is 5.95. The number of fused-ring (bicyclic) bond motifs is 6. The van der Waals surface area contributed by atoms with E-state index in [1.54, 1.807) is 14.2 Å². The lowest BCUT2D eigenvalue weighted by Gasteiger charge is -2.41. The molecule has 6 heterocycles. The van der Waals surface area contributed by atoms with Crippen LogP contribution in [0, 0.1) is 23.7 Å². The summed E-state index contributed by atoms with van der Waals surface area (Å²) in [6, 6.07) is 51.1. The zero-order valence-electron chi connectivity index (χ0n) is 50.1. The summed E-state index contributed by atoms with van der Waals surface area (Å²) in [5.74, 6) is 3.62. The van der Waals surface area contributed by atoms with Crippen LogP contribution < -0.4 is 30.7 Å². The smallest absolute Gasteiger partial charge is 0.251 e. The molecule has 4 aliphatic heterocycles. The van der Waals surface area contributed by atoms with Crippen molar-refractivity contribution in [3.05, 3.63) is 228 Å². The number of para-hydroxylation sites is 2. The molecule has 0 spiro atoms. The van der Waals surface area contributed by atoms with E-state index in [1.165, 1.54) is 11.1 Å². The number of methoxy groups -OCH3 is 2. The highest BCUT2D eigenvalue weighted by atomic mass is 16.5. The van der Waals surface area contributed by atoms with Crippen molar-refractivity contribution in [1.82, 2.24) is 39.5 Å². The van der Waals surface area contributed by atoms with Gasteiger partial charge < -0.3 is 49.7 Å². The highest BCUT2D eigenvalue weighted by Crippen LogP contribution is 2.53. The number of carbonyl (C=O) groups excluding carboxylic acids is 4. The lowest BCUT2D eigenvalue weighted by molar-refractivity contribution is -0.139. The molecule has 14 rings (SSSR count). The molecule has 0 radical (unpaired) electrons. The van der Waals surface area contributed by atoms with Gasteiger partial charge in [-0.3, -0.25) is 19.2 Å². The molecule has 452 valence electrons. The number of aromatic nitrogens is 4. The third kappa shape index (κ3) is 11.9. The average Bonchev–Trinajstić information content (AvgIpc) is 1.81. The molecule has 88 heavy (non-hydrogen) atoms. The van der Waals surface area contributed by atoms with Crippen molar-refractivity contribution in [3.8, 4) is 11.5 Å². The number of amides is 4. The fourth-order valence-electron chi connectivity index (χ4n) is 15.1. The number of imidazole rings is 2. The second kappa shape index (κ2) is 26.0. The maximum Gasteiger partial charge on any atom is 0.251 e. The van der Waals surface area contributed by atoms with E-state index in [0.717, 1.165) is 110 Å². The number of nitrogens with one attached hydrogen (secondary N) is 4. The van der Waals surface area contributed by atoms with Crippen molar-refractivity contribution in [2.45, 2.75) is 114 Å². The van der Waals surface area contributed by atoms with Gasteiger partial charge in [-0.1, -0.05) is 123 Å². The minimum Gasteiger partial charge on any atom is -0.497 e. The van der Waals surface area contributed by atoms with Crippen LogP contribution in [-0.2, 0) is 22.7 Å². The first-order valence-electron chi connectivity index (χ1n) is 31.5. The van der Waals surface area contributed by atoms with Gasteiger partial charge in [-0.2, -0.15) is 0 Å². The van der Waals surface area contributed by atoms with Crippen molar-refractivity contribution < 1.29 is 28.7 Å². The Morgan fingerprint density at radius 1 is 0.477 bits per heavy atom. The molecular weight excluding hydrogens is 1100 g/mol. The van der Waals surface area contributed by atoms with Crippen LogP contribution in [0.15, 0.2) is 183 Å². The Labute approximate surface area is 515 Å². The SMILES string of the molecule is COc1ccc(Cn2ccnc2[C@@H]2Nc3ccccc3[C@H]3[C@@H]2CCN3C(=O)[C@H]2CCCC[C@H]2NC(=O)c2ccccc2)cc1.COc1ccc(Cn2ccnc2[C@H]2Nc3ccccc3[C@@H]3[C@H]2CCN3C(=O)[C@H]2CCCC[C@H]2NC(=O)c2ccccc2)cc1. The molecule has 6 aliphatic rings. The number of hydrogen-bond donors (Lipinski definition) is 4. The minimum atomic E-state index is -0.229. The Balaban J connectivity index is 0.000000162. The number of benzene rings is 6. The van der Waals surface area contributed by atoms with Gasteiger partial charge in [0, 0.05) is 97.4 Å². The predicted octanol–water partition coefficient (Wildman–Crippen LogP) is 12.0. The van der Waals surface area contributed by atoms with Gasteiger partial charge in [0.1, 0.15) is 23.1 Å². The van der Waals surface area contributed by atoms with Gasteiger partial charge in [0.15, 0.2) is 0 Å². The summed E-state index contributed by atoms with van der Waals surface area (Å²) in [6.07, 6.45) is 16.8. The molecule has 0 bridgehead atoms. The van der Waals surface area contributed by atoms with Crippen LogP contribution in [0.5, 0.6) is 11.5 Å². The molecule has 4 N–H and O–H groups in total. The van der Waals surface area contributed by atoms with Crippen LogP contribution >= 0.6 is 0 Å². The van der Waals surface area contributed by atoms with Gasteiger partial charge in [0.25, 0.3) is 11.8 Å². The van der Waals surface area contributed by atoms with E-state index in [0.29, 0.717) is 37.3 Å². The zero-order chi connectivity index (χ0) is 60.1. The molecule has 2 aromatic heterocycles. The van der Waals surface area contributed by atoms with Crippen molar-refractivity contribution in [2.75, 3.05) is 37.9 Å². The predicted molar refractivity (Wildman–Crippen MR) is 339 cm³/mol. The molecule has 6 aromatic carbocycles. The monoisotopic (exact) mass is 1180 g/mol. The van der Waals surface area contributed by atoms with Gasteiger partial charge in [-0.05, 0) is 121 Å². The van der Waals surface area contributed by atoms with Crippen molar-refractivity contribution >= 4 is 35.0 Å². The summed E-state index contributed by atoms with van der Waals surface area (Å²) in [7, 11) is 3.35. The van der Waals surface area contributed by atoms with Crippen LogP contribution in [0.3, 0.4) is 0 Å². The number of rotatable bonds is 14. The molecular formula is C72H78N10O6. The number of likely N-dealkylation sites (tertiary alicyclic amines) is 2. The third-order valence-electron chi connectivity index (χ3n) is 19.4. The second-order valence-corrected chi connectivity index (χ2v) is 24.5. The maximum absolute atomic E-state index is 14.5. The fourth-order valence-corrected chi connectivity index (χ4v) is 15.1. The first-order chi connectivity index (χ1) is 43.2. The van der Waals surface area contributed by atoms with E-state index in [9.17, 15) is 19.2 Å². The zero-order valence-corrected chi connectivity index (χ0v) is 50.1. The minimum absolute atomic E-state index is 0.0408. The number of nitrogens with zero attached hydrogens (tertiary/aromatic N) is 6. The van der Waals surface area contributed by atoms with E-state index in [1.807, 2.05) is 122 Å². The highest BCUT2D eigenvalue weighted by Gasteiger charge is 2.51. The Bertz CT molecular complexity index is 3480. The lowest BCUT2D eigenvalue weighted by Crippen LogP contribution is -2.50. The Hall–Kier alpha value is -9.18. The summed E-state index contributed by atoms with van der Waals surface area (Å²) < 4.78 is 15.1. The van der Waals surface area contributed by atoms with Crippen LogP contribution in [0.2, 0.25) is 0 Å². The summed E-state index contributed by atoms with van der Waals surface area (Å²) in [4.78, 5) is 69.1. The Morgan fingerprint density at radius 3 is 1.27 bits per heavy atom. The summed E-state index contributed by atoms with van der Waals surface area (Å²) in [5, 5.41) is 14.1. The molecule has 0 unspecified atom stereocenters. The first-order valence-corrected chi connectivity index (χ1v) is 31.5. The van der Waals surface area contributed by atoms with Crippen molar-refractivity contribution in [1.29, 1.82) is 0 Å². The molecule has 16 nitrogen and oxygen atoms in total. The standard InChI is InChI=1S/2C36H39N5O3/c2*1-44-26-17-15-24(16-18-26)23-40-22-20-37-34(40)32-29-19-21-41(33(29)27-11-5-7-13-30(27)38-32)36(43)28-12-6-8-14-31(28)39-35(42)25-9-3-2-4-10-25/h2*2-5,7,9-11,13,15-18,20,22,28-29,31-33,38H,6,8,12,14,19,21,23H2,1H3,(H,39,42)/t28-,29+,31+,32+,33-;28-,29-,31+,32-,33+/m00/s1. The van der Waals surface area contributed by atoms with Crippen LogP contribution in [0.25, 0.3) is 0 Å². The largest absolute Gasteiger partial charge is 0.497 e. The number of hydrogen-bond acceptors (Lipinski definition) is 10. The fraction of sp³-hybridized carbons (Fsp3) is 0.361. The van der Waals surface area contributed by atoms with Crippen molar-refractivity contribution in [3.63, 3.8) is 0 Å². The van der Waals surface area contributed by atoms with Crippen LogP contribution in [-0.4, -0.2) is 91.9 Å². The Morgan fingerprint density at radius 2 is 0.864 bits per heavy atom. The van der Waals surface area contributed by atoms with Gasteiger partial charge in [-0.15, -0.1) is 0 Å². The van der Waals surface area contributed by atoms with E-state index >= 15 is 0 Å². The van der Waals surface area contributed by atoms with E-state index in [-0.39, 0.29) is 83.6 Å². The number of anilines is 2. The van der Waals surface area contributed by atoms with Gasteiger partial charge in [-0.25, -0.2) is 9.97 Å². The first kappa shape index (κ1) is 57.9. The number of ether oxygens (including phenoxy) is 2. The quantitative estimate of drug-likeness (QED) is 0.0819. The van der Waals surface area contributed by atoms with Crippen LogP contribution in [0.1, 0.15) is 143 Å². The van der Waals surface area contributed by atoms with Gasteiger partial charge >= 0.3 is 0 Å². The topological polar surface area (TPSA) is 177 Å². The average molecular weight is 1180 g/mol. The van der Waals surface area contributed by atoms with Crippen LogP contribution in [0.4, 0.5) is 11.4 Å². The second-order valence-electron chi connectivity index (χ2n) is 24.5. The van der Waals surface area contributed by atoms with E-state index in [4.69, 9.17) is 19.4 Å². The van der Waals surface area contributed by atoms with E-state index in [2.05, 4.69) is 101 Å². The third-order valence-corrected chi connectivity index (χ3v) is 19.4. The summed E-state index contributed by atoms with van der Waals surface area (Å²) in [5.41, 5.74) is 8.02. The molecule has 4 amide bonds. The van der Waals surface area contributed by atoms with Gasteiger partial charge in [0.2, 0.25) is 11.8 Å². The van der Waals surface area contributed by atoms with Gasteiger partial charge in [0.05, 0.1) is 50.2 Å². The molecule has 2 saturated heterocycles. The molecule has 16 heteroatoms. The lowest BCUT2D eigenvalue weighted by atomic mass is 9.80. The Kier molecular flexibility index (Phi) is 17.1. The molecule has 2 aliphatic carbocycles. The summed E-state index contributed by atoms with van der Waals surface area (Å²) in [6.45, 7) is 2.78. The number of carbonyl (C=O) groups is 4. The normalized spacial score (nSPS) is 24.1. The molecule has 4 fully saturated rings. The molecule has 8 aromatic rings. The molecule has 10 atom stereocenters. The molecule has 2 saturated carbocycles. The maximum atomic E-state index is 14.5.